The number of rotatable bonds is 6. The van der Waals surface area contributed by atoms with E-state index in [1.807, 2.05) is 65.6 Å². The van der Waals surface area contributed by atoms with E-state index in [2.05, 4.69) is 17.4 Å². The molecule has 1 heterocycles. The van der Waals surface area contributed by atoms with Gasteiger partial charge < -0.3 is 19.7 Å². The minimum atomic E-state index is -0.315. The number of amides is 1. The third kappa shape index (κ3) is 3.90. The van der Waals surface area contributed by atoms with E-state index < -0.39 is 0 Å². The Labute approximate surface area is 170 Å². The number of carbonyl (C=O) groups excluding carboxylic acids is 1. The van der Waals surface area contributed by atoms with Gasteiger partial charge in [-0.1, -0.05) is 42.5 Å². The first-order valence-electron chi connectivity index (χ1n) is 9.63. The predicted molar refractivity (Wildman–Crippen MR) is 114 cm³/mol. The molecule has 5 heteroatoms. The Hall–Kier alpha value is -3.47. The molecule has 0 bridgehead atoms. The van der Waals surface area contributed by atoms with E-state index in [1.54, 1.807) is 14.2 Å². The Kier molecular flexibility index (Phi) is 5.38. The third-order valence-electron chi connectivity index (χ3n) is 5.20. The van der Waals surface area contributed by atoms with E-state index in [-0.39, 0.29) is 12.1 Å². The van der Waals surface area contributed by atoms with Gasteiger partial charge in [-0.3, -0.25) is 4.79 Å². The van der Waals surface area contributed by atoms with Crippen molar-refractivity contribution in [3.63, 3.8) is 0 Å². The summed E-state index contributed by atoms with van der Waals surface area (Å²) in [6, 6.07) is 23.5. The van der Waals surface area contributed by atoms with E-state index in [4.69, 9.17) is 9.47 Å². The topological polar surface area (TPSA) is 50.8 Å². The molecule has 0 aliphatic carbocycles. The lowest BCUT2D eigenvalue weighted by Crippen LogP contribution is -2.44. The minimum Gasteiger partial charge on any atom is -0.497 e. The van der Waals surface area contributed by atoms with Crippen LogP contribution in [0.3, 0.4) is 0 Å². The van der Waals surface area contributed by atoms with Gasteiger partial charge in [0.25, 0.3) is 5.91 Å². The summed E-state index contributed by atoms with van der Waals surface area (Å²) in [6.45, 7) is 0.592. The summed E-state index contributed by atoms with van der Waals surface area (Å²) in [5.74, 6) is 1.40. The lowest BCUT2D eigenvalue weighted by atomic mass is 10.0. The second kappa shape index (κ2) is 8.27. The first-order valence-corrected chi connectivity index (χ1v) is 9.63. The van der Waals surface area contributed by atoms with Crippen LogP contribution in [0.25, 0.3) is 0 Å². The van der Waals surface area contributed by atoms with Crippen LogP contribution in [0.2, 0.25) is 0 Å². The second-order valence-corrected chi connectivity index (χ2v) is 6.97. The first-order chi connectivity index (χ1) is 14.2. The standard InChI is InChI=1S/C24H24N2O3/c1-28-19-14-18(15-20(16-19)29-2)23-25-22-11-7-6-10-21(22)24(27)26(23)13-12-17-8-4-3-5-9-17/h3-11,14-16,23,25H,12-13H2,1-2H3/t23-/m1/s1. The van der Waals surface area contributed by atoms with Crippen molar-refractivity contribution in [3.05, 3.63) is 89.5 Å². The highest BCUT2D eigenvalue weighted by Gasteiger charge is 2.33. The van der Waals surface area contributed by atoms with Gasteiger partial charge in [-0.25, -0.2) is 0 Å². The zero-order chi connectivity index (χ0) is 20.2. The molecule has 1 N–H and O–H groups in total. The smallest absolute Gasteiger partial charge is 0.257 e. The van der Waals surface area contributed by atoms with Gasteiger partial charge in [-0.2, -0.15) is 0 Å². The number of fused-ring (bicyclic) bond motifs is 1. The molecule has 1 atom stereocenters. The van der Waals surface area contributed by atoms with Crippen LogP contribution < -0.4 is 14.8 Å². The molecule has 0 aromatic heterocycles. The maximum absolute atomic E-state index is 13.4. The summed E-state index contributed by atoms with van der Waals surface area (Å²) in [5, 5.41) is 3.53. The fourth-order valence-corrected chi connectivity index (χ4v) is 3.67. The summed E-state index contributed by atoms with van der Waals surface area (Å²) in [4.78, 5) is 15.2. The van der Waals surface area contributed by atoms with Crippen molar-refractivity contribution >= 4 is 11.6 Å². The van der Waals surface area contributed by atoms with E-state index in [0.717, 1.165) is 17.7 Å². The van der Waals surface area contributed by atoms with E-state index >= 15 is 0 Å². The number of hydrogen-bond acceptors (Lipinski definition) is 4. The SMILES string of the molecule is COc1cc(OC)cc([C@@H]2Nc3ccccc3C(=O)N2CCc2ccccc2)c1. The van der Waals surface area contributed by atoms with Gasteiger partial charge in [0.1, 0.15) is 17.7 Å². The van der Waals surface area contributed by atoms with Gasteiger partial charge in [-0.15, -0.1) is 0 Å². The maximum Gasteiger partial charge on any atom is 0.257 e. The molecule has 0 fully saturated rings. The summed E-state index contributed by atoms with van der Waals surface area (Å²) in [6.07, 6.45) is 0.457. The molecular formula is C24H24N2O3. The Balaban J connectivity index is 1.71. The normalized spacial score (nSPS) is 15.4. The van der Waals surface area contributed by atoms with Crippen LogP contribution in [-0.4, -0.2) is 31.6 Å². The van der Waals surface area contributed by atoms with Crippen LogP contribution >= 0.6 is 0 Å². The summed E-state index contributed by atoms with van der Waals surface area (Å²) < 4.78 is 10.9. The molecule has 1 aliphatic heterocycles. The molecule has 1 aliphatic rings. The number of carbonyl (C=O) groups is 1. The highest BCUT2D eigenvalue weighted by Crippen LogP contribution is 2.36. The minimum absolute atomic E-state index is 0.0158. The largest absolute Gasteiger partial charge is 0.497 e. The van der Waals surface area contributed by atoms with Gasteiger partial charge in [-0.05, 0) is 36.2 Å². The first kappa shape index (κ1) is 18.9. The zero-order valence-corrected chi connectivity index (χ0v) is 16.6. The van der Waals surface area contributed by atoms with Gasteiger partial charge >= 0.3 is 0 Å². The molecule has 4 rings (SSSR count). The Morgan fingerprint density at radius 2 is 1.55 bits per heavy atom. The Morgan fingerprint density at radius 3 is 2.24 bits per heavy atom. The zero-order valence-electron chi connectivity index (χ0n) is 16.6. The summed E-state index contributed by atoms with van der Waals surface area (Å²) in [7, 11) is 3.25. The van der Waals surface area contributed by atoms with Crippen molar-refractivity contribution in [1.29, 1.82) is 0 Å². The molecule has 5 nitrogen and oxygen atoms in total. The average molecular weight is 388 g/mol. The molecular weight excluding hydrogens is 364 g/mol. The molecule has 3 aromatic carbocycles. The quantitative estimate of drug-likeness (QED) is 0.675. The average Bonchev–Trinajstić information content (AvgIpc) is 2.78. The van der Waals surface area contributed by atoms with Crippen LogP contribution in [-0.2, 0) is 6.42 Å². The molecule has 0 spiro atoms. The van der Waals surface area contributed by atoms with Crippen LogP contribution in [0.4, 0.5) is 5.69 Å². The van der Waals surface area contributed by atoms with E-state index in [0.29, 0.717) is 23.6 Å². The predicted octanol–water partition coefficient (Wildman–Crippen LogP) is 4.51. The van der Waals surface area contributed by atoms with Crippen molar-refractivity contribution in [1.82, 2.24) is 4.90 Å². The molecule has 0 radical (unpaired) electrons. The molecule has 148 valence electrons. The lowest BCUT2D eigenvalue weighted by molar-refractivity contribution is 0.0685. The number of nitrogens with zero attached hydrogens (tertiary/aromatic N) is 1. The highest BCUT2D eigenvalue weighted by molar-refractivity contribution is 6.01. The second-order valence-electron chi connectivity index (χ2n) is 6.97. The maximum atomic E-state index is 13.4. The molecule has 29 heavy (non-hydrogen) atoms. The molecule has 0 unspecified atom stereocenters. The number of para-hydroxylation sites is 1. The molecule has 1 amide bonds. The molecule has 0 saturated heterocycles. The number of anilines is 1. The summed E-state index contributed by atoms with van der Waals surface area (Å²) >= 11 is 0. The van der Waals surface area contributed by atoms with Crippen LogP contribution in [0.5, 0.6) is 11.5 Å². The fraction of sp³-hybridized carbons (Fsp3) is 0.208. The van der Waals surface area contributed by atoms with Crippen LogP contribution in [0.15, 0.2) is 72.8 Å². The van der Waals surface area contributed by atoms with Crippen molar-refractivity contribution in [2.75, 3.05) is 26.1 Å². The van der Waals surface area contributed by atoms with E-state index in [9.17, 15) is 4.79 Å². The van der Waals surface area contributed by atoms with Crippen molar-refractivity contribution in [2.24, 2.45) is 0 Å². The van der Waals surface area contributed by atoms with Crippen LogP contribution in [0.1, 0.15) is 27.7 Å². The third-order valence-corrected chi connectivity index (χ3v) is 5.20. The molecule has 0 saturated carbocycles. The number of benzene rings is 3. The van der Waals surface area contributed by atoms with Gasteiger partial charge in [0, 0.05) is 23.9 Å². The van der Waals surface area contributed by atoms with Gasteiger partial charge in [0.15, 0.2) is 0 Å². The number of ether oxygens (including phenoxy) is 2. The Morgan fingerprint density at radius 1 is 0.897 bits per heavy atom. The number of methoxy groups -OCH3 is 2. The lowest BCUT2D eigenvalue weighted by Gasteiger charge is -2.38. The fourth-order valence-electron chi connectivity index (χ4n) is 3.67. The monoisotopic (exact) mass is 388 g/mol. The Bertz CT molecular complexity index is 982. The van der Waals surface area contributed by atoms with Gasteiger partial charge in [0.05, 0.1) is 19.8 Å². The number of nitrogens with one attached hydrogen (secondary N) is 1. The summed E-state index contributed by atoms with van der Waals surface area (Å²) in [5.41, 5.74) is 3.63. The van der Waals surface area contributed by atoms with Crippen LogP contribution in [0, 0.1) is 0 Å². The van der Waals surface area contributed by atoms with E-state index in [1.165, 1.54) is 5.56 Å². The van der Waals surface area contributed by atoms with Crippen molar-refractivity contribution in [3.8, 4) is 11.5 Å². The van der Waals surface area contributed by atoms with Crippen molar-refractivity contribution in [2.45, 2.75) is 12.6 Å². The highest BCUT2D eigenvalue weighted by atomic mass is 16.5. The molecule has 3 aromatic rings. The van der Waals surface area contributed by atoms with Crippen molar-refractivity contribution < 1.29 is 14.3 Å². The number of hydrogen-bond donors (Lipinski definition) is 1. The van der Waals surface area contributed by atoms with Gasteiger partial charge in [0.2, 0.25) is 0 Å².